The number of aromatic nitrogens is 4. The molecule has 35 heavy (non-hydrogen) atoms. The Kier molecular flexibility index (Phi) is 7.78. The zero-order chi connectivity index (χ0) is 24.3. The number of rotatable bonds is 8. The fraction of sp³-hybridized carbons (Fsp3) is 0.0800. The number of tetrazole rings is 1. The third-order valence-corrected chi connectivity index (χ3v) is 4.62. The number of hydrazone groups is 1. The Balaban J connectivity index is 1.53. The van der Waals surface area contributed by atoms with E-state index in [1.165, 1.54) is 10.8 Å². The second-order valence-corrected chi connectivity index (χ2v) is 7.05. The van der Waals surface area contributed by atoms with E-state index in [0.717, 1.165) is 22.5 Å². The third kappa shape index (κ3) is 6.51. The minimum Gasteiger partial charge on any atom is -0.463 e. The molecule has 0 fully saturated rings. The Bertz CT molecular complexity index is 1330. The first-order chi connectivity index (χ1) is 17.2. The first kappa shape index (κ1) is 23.2. The summed E-state index contributed by atoms with van der Waals surface area (Å²) in [6, 6.07) is 26.2. The molecule has 10 nitrogen and oxygen atoms in total. The van der Waals surface area contributed by atoms with E-state index in [9.17, 15) is 4.79 Å². The van der Waals surface area contributed by atoms with Crippen molar-refractivity contribution in [3.05, 3.63) is 102 Å². The zero-order valence-electron chi connectivity index (χ0n) is 18.9. The summed E-state index contributed by atoms with van der Waals surface area (Å²) in [6.45, 7) is 2.10. The average Bonchev–Trinajstić information content (AvgIpc) is 3.38. The Morgan fingerprint density at radius 2 is 1.71 bits per heavy atom. The molecule has 0 spiro atoms. The van der Waals surface area contributed by atoms with Crippen LogP contribution >= 0.6 is 0 Å². The van der Waals surface area contributed by atoms with E-state index in [-0.39, 0.29) is 11.9 Å². The zero-order valence-corrected chi connectivity index (χ0v) is 18.9. The van der Waals surface area contributed by atoms with Crippen molar-refractivity contribution in [3.63, 3.8) is 0 Å². The molecule has 0 amide bonds. The average molecular weight is 467 g/mol. The van der Waals surface area contributed by atoms with Crippen molar-refractivity contribution < 1.29 is 9.53 Å². The highest BCUT2D eigenvalue weighted by atomic mass is 16.5. The SMILES string of the molecule is CCOC(=O)/C=C/c1ccc(N/N=C(/N=Nc2nnnn2-c2ccccc2)c2ccccc2)cc1. The Morgan fingerprint density at radius 3 is 2.43 bits per heavy atom. The number of esters is 1. The summed E-state index contributed by atoms with van der Waals surface area (Å²) in [5.41, 5.74) is 6.10. The van der Waals surface area contributed by atoms with Crippen LogP contribution in [0.25, 0.3) is 11.8 Å². The quantitative estimate of drug-likeness (QED) is 0.0995. The molecule has 1 heterocycles. The third-order valence-electron chi connectivity index (χ3n) is 4.62. The van der Waals surface area contributed by atoms with Gasteiger partial charge in [-0.15, -0.1) is 10.2 Å². The molecule has 0 aliphatic heterocycles. The van der Waals surface area contributed by atoms with Crippen LogP contribution in [0.4, 0.5) is 11.6 Å². The Morgan fingerprint density at radius 1 is 1.00 bits per heavy atom. The summed E-state index contributed by atoms with van der Waals surface area (Å²) in [7, 11) is 0. The van der Waals surface area contributed by atoms with E-state index in [1.54, 1.807) is 13.0 Å². The van der Waals surface area contributed by atoms with Crippen molar-refractivity contribution >= 4 is 29.5 Å². The largest absolute Gasteiger partial charge is 0.463 e. The summed E-state index contributed by atoms with van der Waals surface area (Å²) in [4.78, 5) is 11.5. The van der Waals surface area contributed by atoms with Gasteiger partial charge in [0.15, 0.2) is 0 Å². The van der Waals surface area contributed by atoms with Gasteiger partial charge in [0.05, 0.1) is 18.0 Å². The number of azo groups is 1. The van der Waals surface area contributed by atoms with Crippen molar-refractivity contribution in [1.29, 1.82) is 0 Å². The molecule has 4 rings (SSSR count). The highest BCUT2D eigenvalue weighted by Gasteiger charge is 2.08. The predicted octanol–water partition coefficient (Wildman–Crippen LogP) is 4.80. The van der Waals surface area contributed by atoms with E-state index >= 15 is 0 Å². The fourth-order valence-corrected chi connectivity index (χ4v) is 2.95. The predicted molar refractivity (Wildman–Crippen MR) is 132 cm³/mol. The topological polar surface area (TPSA) is 119 Å². The highest BCUT2D eigenvalue weighted by molar-refractivity contribution is 5.99. The fourth-order valence-electron chi connectivity index (χ4n) is 2.95. The highest BCUT2D eigenvalue weighted by Crippen LogP contribution is 2.16. The molecule has 0 aliphatic rings. The van der Waals surface area contributed by atoms with Crippen LogP contribution in [0.2, 0.25) is 0 Å². The molecule has 1 N–H and O–H groups in total. The molecular formula is C25H22N8O2. The standard InChI is InChI=1S/C25H22N8O2/c1-2-35-23(34)18-15-19-13-16-21(17-14-19)26-27-24(20-9-5-3-6-10-20)28-29-25-30-31-32-33(25)22-11-7-4-8-12-22/h3-18,26H,2H2,1H3/b18-15+,27-24+,29-28?. The lowest BCUT2D eigenvalue weighted by Gasteiger charge is -2.04. The van der Waals surface area contributed by atoms with E-state index in [2.05, 4.69) is 36.3 Å². The van der Waals surface area contributed by atoms with Crippen LogP contribution in [0.3, 0.4) is 0 Å². The second kappa shape index (κ2) is 11.8. The second-order valence-electron chi connectivity index (χ2n) is 7.05. The summed E-state index contributed by atoms with van der Waals surface area (Å²) >= 11 is 0. The number of anilines is 1. The Labute approximate surface area is 201 Å². The molecule has 0 radical (unpaired) electrons. The lowest BCUT2D eigenvalue weighted by Crippen LogP contribution is -2.01. The van der Waals surface area contributed by atoms with E-state index in [4.69, 9.17) is 4.74 Å². The lowest BCUT2D eigenvalue weighted by atomic mass is 10.2. The number of benzene rings is 3. The van der Waals surface area contributed by atoms with Gasteiger partial charge in [-0.3, -0.25) is 5.43 Å². The molecular weight excluding hydrogens is 444 g/mol. The van der Waals surface area contributed by atoms with Gasteiger partial charge in [0.25, 0.3) is 5.95 Å². The summed E-state index contributed by atoms with van der Waals surface area (Å²) in [6.07, 6.45) is 3.08. The van der Waals surface area contributed by atoms with Crippen LogP contribution in [0.1, 0.15) is 18.1 Å². The van der Waals surface area contributed by atoms with Gasteiger partial charge in [0.1, 0.15) is 0 Å². The van der Waals surface area contributed by atoms with Gasteiger partial charge in [0.2, 0.25) is 5.84 Å². The number of hydrogen-bond acceptors (Lipinski definition) is 8. The van der Waals surface area contributed by atoms with Crippen LogP contribution in [0, 0.1) is 0 Å². The smallest absolute Gasteiger partial charge is 0.330 e. The number of ether oxygens (including phenoxy) is 1. The van der Waals surface area contributed by atoms with Gasteiger partial charge in [-0.1, -0.05) is 65.8 Å². The van der Waals surface area contributed by atoms with Gasteiger partial charge in [-0.25, -0.2) is 4.79 Å². The van der Waals surface area contributed by atoms with Crippen molar-refractivity contribution in [2.24, 2.45) is 15.3 Å². The molecule has 4 aromatic rings. The van der Waals surface area contributed by atoms with Gasteiger partial charge in [-0.2, -0.15) is 9.78 Å². The maximum absolute atomic E-state index is 11.5. The number of amidine groups is 1. The molecule has 0 saturated carbocycles. The lowest BCUT2D eigenvalue weighted by molar-refractivity contribution is -0.137. The minimum absolute atomic E-state index is 0.220. The molecule has 3 aromatic carbocycles. The van der Waals surface area contributed by atoms with Crippen LogP contribution in [-0.2, 0) is 9.53 Å². The summed E-state index contributed by atoms with van der Waals surface area (Å²) in [5, 5.41) is 24.6. The van der Waals surface area contributed by atoms with Crippen molar-refractivity contribution in [2.45, 2.75) is 6.92 Å². The van der Waals surface area contributed by atoms with Gasteiger partial charge >= 0.3 is 5.97 Å². The van der Waals surface area contributed by atoms with Crippen LogP contribution in [-0.4, -0.2) is 38.6 Å². The molecule has 0 bridgehead atoms. The maximum Gasteiger partial charge on any atom is 0.330 e. The molecule has 0 unspecified atom stereocenters. The summed E-state index contributed by atoms with van der Waals surface area (Å²) < 4.78 is 6.38. The van der Waals surface area contributed by atoms with Gasteiger partial charge in [-0.05, 0) is 53.3 Å². The Hall–Kier alpha value is -4.99. The van der Waals surface area contributed by atoms with Crippen molar-refractivity contribution in [1.82, 2.24) is 20.2 Å². The minimum atomic E-state index is -0.379. The summed E-state index contributed by atoms with van der Waals surface area (Å²) in [5.74, 6) is 0.188. The van der Waals surface area contributed by atoms with Crippen LogP contribution in [0.5, 0.6) is 0 Å². The molecule has 0 atom stereocenters. The van der Waals surface area contributed by atoms with Crippen molar-refractivity contribution in [2.75, 3.05) is 12.0 Å². The van der Waals surface area contributed by atoms with Crippen LogP contribution in [0.15, 0.2) is 106 Å². The number of nitrogens with zero attached hydrogens (tertiary/aromatic N) is 7. The molecule has 1 aromatic heterocycles. The van der Waals surface area contributed by atoms with Crippen molar-refractivity contribution in [3.8, 4) is 5.69 Å². The molecule has 0 aliphatic carbocycles. The van der Waals surface area contributed by atoms with Gasteiger partial charge < -0.3 is 4.74 Å². The molecule has 0 saturated heterocycles. The number of para-hydroxylation sites is 1. The van der Waals surface area contributed by atoms with E-state index in [1.807, 2.05) is 84.9 Å². The van der Waals surface area contributed by atoms with E-state index in [0.29, 0.717) is 12.4 Å². The first-order valence-electron chi connectivity index (χ1n) is 10.8. The van der Waals surface area contributed by atoms with Gasteiger partial charge in [0, 0.05) is 11.6 Å². The number of hydrogen-bond donors (Lipinski definition) is 1. The number of nitrogens with one attached hydrogen (secondary N) is 1. The maximum atomic E-state index is 11.5. The first-order valence-corrected chi connectivity index (χ1v) is 10.8. The van der Waals surface area contributed by atoms with E-state index < -0.39 is 0 Å². The number of carbonyl (C=O) groups excluding carboxylic acids is 1. The monoisotopic (exact) mass is 466 g/mol. The molecule has 10 heteroatoms. The normalized spacial score (nSPS) is 11.7. The number of carbonyl (C=O) groups is 1. The molecule has 174 valence electrons. The van der Waals surface area contributed by atoms with Crippen LogP contribution < -0.4 is 5.43 Å².